The van der Waals surface area contributed by atoms with E-state index in [0.29, 0.717) is 5.56 Å². The van der Waals surface area contributed by atoms with Crippen molar-refractivity contribution < 1.29 is 9.53 Å². The Morgan fingerprint density at radius 1 is 1.00 bits per heavy atom. The van der Waals surface area contributed by atoms with Crippen LogP contribution in [0.2, 0.25) is 0 Å². The number of rotatable bonds is 3. The van der Waals surface area contributed by atoms with Crippen LogP contribution in [0, 0.1) is 6.92 Å². The highest BCUT2D eigenvalue weighted by Crippen LogP contribution is 2.30. The summed E-state index contributed by atoms with van der Waals surface area (Å²) in [6.45, 7) is 10.3. The van der Waals surface area contributed by atoms with E-state index in [1.807, 2.05) is 62.4 Å². The molecule has 0 aliphatic heterocycles. The molecule has 0 aliphatic carbocycles. The van der Waals surface area contributed by atoms with Crippen LogP contribution in [0.15, 0.2) is 48.5 Å². The van der Waals surface area contributed by atoms with E-state index in [2.05, 4.69) is 20.8 Å². The first kappa shape index (κ1) is 16.3. The Bertz CT molecular complexity index is 651. The lowest BCUT2D eigenvalue weighted by Gasteiger charge is -2.25. The van der Waals surface area contributed by atoms with Crippen molar-refractivity contribution in [1.82, 2.24) is 0 Å². The average Bonchev–Trinajstić information content (AvgIpc) is 2.46. The standard InChI is InChI=1S/C20H24O2/c1-14-10-9-13-17(18(14)20(3,4)5)19(21)22-15(2)16-11-7-6-8-12-16/h6-13,15H,1-5H3. The van der Waals surface area contributed by atoms with Gasteiger partial charge < -0.3 is 4.74 Å². The zero-order valence-electron chi connectivity index (χ0n) is 14.0. The van der Waals surface area contributed by atoms with E-state index in [1.165, 1.54) is 0 Å². The normalized spacial score (nSPS) is 12.8. The Kier molecular flexibility index (Phi) is 4.70. The van der Waals surface area contributed by atoms with Crippen molar-refractivity contribution in [3.8, 4) is 0 Å². The maximum atomic E-state index is 12.6. The topological polar surface area (TPSA) is 26.3 Å². The van der Waals surface area contributed by atoms with Gasteiger partial charge in [0.2, 0.25) is 0 Å². The summed E-state index contributed by atoms with van der Waals surface area (Å²) in [6.07, 6.45) is -0.262. The van der Waals surface area contributed by atoms with Crippen molar-refractivity contribution in [2.75, 3.05) is 0 Å². The van der Waals surface area contributed by atoms with Gasteiger partial charge in [0, 0.05) is 0 Å². The first-order chi connectivity index (χ1) is 10.3. The molecule has 0 saturated heterocycles. The molecule has 0 aromatic heterocycles. The predicted molar refractivity (Wildman–Crippen MR) is 90.2 cm³/mol. The molecule has 0 heterocycles. The third-order valence-corrected chi connectivity index (χ3v) is 3.80. The van der Waals surface area contributed by atoms with Crippen LogP contribution >= 0.6 is 0 Å². The molecule has 1 unspecified atom stereocenters. The molecule has 22 heavy (non-hydrogen) atoms. The molecule has 2 rings (SSSR count). The smallest absolute Gasteiger partial charge is 0.339 e. The molecule has 2 aromatic carbocycles. The molecule has 0 aliphatic rings. The van der Waals surface area contributed by atoms with Crippen molar-refractivity contribution in [1.29, 1.82) is 0 Å². The molecule has 0 spiro atoms. The van der Waals surface area contributed by atoms with E-state index in [1.54, 1.807) is 0 Å². The van der Waals surface area contributed by atoms with Crippen molar-refractivity contribution in [3.05, 3.63) is 70.8 Å². The number of hydrogen-bond acceptors (Lipinski definition) is 2. The lowest BCUT2D eigenvalue weighted by atomic mass is 9.81. The van der Waals surface area contributed by atoms with E-state index in [0.717, 1.165) is 16.7 Å². The fraction of sp³-hybridized carbons (Fsp3) is 0.350. The zero-order valence-corrected chi connectivity index (χ0v) is 14.0. The van der Waals surface area contributed by atoms with Crippen LogP contribution in [0.3, 0.4) is 0 Å². The molecule has 0 bridgehead atoms. The third-order valence-electron chi connectivity index (χ3n) is 3.80. The van der Waals surface area contributed by atoms with Gasteiger partial charge in [-0.3, -0.25) is 0 Å². The van der Waals surface area contributed by atoms with Gasteiger partial charge in [0.15, 0.2) is 0 Å². The number of aryl methyl sites for hydroxylation is 1. The number of ether oxygens (including phenoxy) is 1. The van der Waals surface area contributed by atoms with E-state index < -0.39 is 0 Å². The molecule has 0 N–H and O–H groups in total. The van der Waals surface area contributed by atoms with Crippen LogP contribution in [-0.4, -0.2) is 5.97 Å². The van der Waals surface area contributed by atoms with E-state index in [9.17, 15) is 4.79 Å². The second kappa shape index (κ2) is 6.35. The van der Waals surface area contributed by atoms with Crippen LogP contribution in [-0.2, 0) is 10.2 Å². The highest BCUT2D eigenvalue weighted by molar-refractivity contribution is 5.92. The first-order valence-electron chi connectivity index (χ1n) is 7.66. The molecular weight excluding hydrogens is 272 g/mol. The maximum Gasteiger partial charge on any atom is 0.339 e. The number of carbonyl (C=O) groups excluding carboxylic acids is 1. The SMILES string of the molecule is Cc1cccc(C(=O)OC(C)c2ccccc2)c1C(C)(C)C. The Morgan fingerprint density at radius 3 is 2.23 bits per heavy atom. The number of hydrogen-bond donors (Lipinski definition) is 0. The van der Waals surface area contributed by atoms with Crippen LogP contribution in [0.4, 0.5) is 0 Å². The van der Waals surface area contributed by atoms with Crippen molar-refractivity contribution in [2.45, 2.75) is 46.1 Å². The fourth-order valence-electron chi connectivity index (χ4n) is 2.85. The Morgan fingerprint density at radius 2 is 1.64 bits per heavy atom. The predicted octanol–water partition coefficient (Wildman–Crippen LogP) is 5.21. The van der Waals surface area contributed by atoms with Gasteiger partial charge in [-0.05, 0) is 42.0 Å². The van der Waals surface area contributed by atoms with Crippen LogP contribution in [0.1, 0.15) is 60.8 Å². The van der Waals surface area contributed by atoms with Crippen LogP contribution < -0.4 is 0 Å². The highest BCUT2D eigenvalue weighted by Gasteiger charge is 2.25. The van der Waals surface area contributed by atoms with Crippen LogP contribution in [0.5, 0.6) is 0 Å². The van der Waals surface area contributed by atoms with Gasteiger partial charge in [-0.25, -0.2) is 4.79 Å². The largest absolute Gasteiger partial charge is 0.454 e. The summed E-state index contributed by atoms with van der Waals surface area (Å²) >= 11 is 0. The van der Waals surface area contributed by atoms with Gasteiger partial charge in [0.25, 0.3) is 0 Å². The molecule has 0 amide bonds. The van der Waals surface area contributed by atoms with Gasteiger partial charge in [-0.1, -0.05) is 63.2 Å². The van der Waals surface area contributed by atoms with E-state index in [4.69, 9.17) is 4.74 Å². The quantitative estimate of drug-likeness (QED) is 0.727. The molecule has 2 aromatic rings. The molecule has 0 radical (unpaired) electrons. The fourth-order valence-corrected chi connectivity index (χ4v) is 2.85. The van der Waals surface area contributed by atoms with Crippen molar-refractivity contribution in [2.24, 2.45) is 0 Å². The van der Waals surface area contributed by atoms with Gasteiger partial charge >= 0.3 is 5.97 Å². The summed E-state index contributed by atoms with van der Waals surface area (Å²) in [4.78, 5) is 12.6. The molecule has 0 fully saturated rings. The molecular formula is C20H24O2. The molecule has 116 valence electrons. The number of esters is 1. The molecule has 2 heteroatoms. The summed E-state index contributed by atoms with van der Waals surface area (Å²) in [7, 11) is 0. The summed E-state index contributed by atoms with van der Waals surface area (Å²) in [5, 5.41) is 0. The van der Waals surface area contributed by atoms with Gasteiger partial charge in [0.05, 0.1) is 5.56 Å². The second-order valence-electron chi connectivity index (χ2n) is 6.71. The van der Waals surface area contributed by atoms with Gasteiger partial charge in [-0.2, -0.15) is 0 Å². The van der Waals surface area contributed by atoms with Crippen molar-refractivity contribution in [3.63, 3.8) is 0 Å². The Hall–Kier alpha value is -2.09. The molecule has 0 saturated carbocycles. The van der Waals surface area contributed by atoms with Crippen molar-refractivity contribution >= 4 is 5.97 Å². The number of carbonyl (C=O) groups is 1. The summed E-state index contributed by atoms with van der Waals surface area (Å²) in [6, 6.07) is 15.6. The minimum atomic E-state index is -0.262. The minimum absolute atomic E-state index is 0.102. The molecule has 1 atom stereocenters. The van der Waals surface area contributed by atoms with Gasteiger partial charge in [0.1, 0.15) is 6.10 Å². The lowest BCUT2D eigenvalue weighted by molar-refractivity contribution is 0.0335. The van der Waals surface area contributed by atoms with Crippen LogP contribution in [0.25, 0.3) is 0 Å². The summed E-state index contributed by atoms with van der Waals surface area (Å²) in [5.41, 5.74) is 3.74. The monoisotopic (exact) mass is 296 g/mol. The Labute approximate surface area is 133 Å². The second-order valence-corrected chi connectivity index (χ2v) is 6.71. The van der Waals surface area contributed by atoms with Gasteiger partial charge in [-0.15, -0.1) is 0 Å². The maximum absolute atomic E-state index is 12.6. The first-order valence-corrected chi connectivity index (χ1v) is 7.66. The van der Waals surface area contributed by atoms with E-state index >= 15 is 0 Å². The third kappa shape index (κ3) is 3.56. The minimum Gasteiger partial charge on any atom is -0.454 e. The summed E-state index contributed by atoms with van der Waals surface area (Å²) in [5.74, 6) is -0.259. The highest BCUT2D eigenvalue weighted by atomic mass is 16.5. The number of benzene rings is 2. The average molecular weight is 296 g/mol. The zero-order chi connectivity index (χ0) is 16.3. The molecule has 2 nitrogen and oxygen atoms in total. The van der Waals surface area contributed by atoms with E-state index in [-0.39, 0.29) is 17.5 Å². The summed E-state index contributed by atoms with van der Waals surface area (Å²) < 4.78 is 5.67. The Balaban J connectivity index is 2.29. The lowest BCUT2D eigenvalue weighted by Crippen LogP contribution is -2.20.